The van der Waals surface area contributed by atoms with Gasteiger partial charge in [0.05, 0.1) is 0 Å². The number of nitrogens with zero attached hydrogens (tertiary/aromatic N) is 1. The molecule has 1 aromatic heterocycles. The monoisotopic (exact) mass is 243 g/mol. The molecule has 3 N–H and O–H groups in total. The van der Waals surface area contributed by atoms with Crippen LogP contribution in [0.3, 0.4) is 0 Å². The average Bonchev–Trinajstić information content (AvgIpc) is 2.76. The molecule has 18 heavy (non-hydrogen) atoms. The Hall–Kier alpha value is -2.07. The van der Waals surface area contributed by atoms with Gasteiger partial charge in [0.2, 0.25) is 5.91 Å². The summed E-state index contributed by atoms with van der Waals surface area (Å²) in [6.45, 7) is 1.59. The number of aryl methyl sites for hydroxylation is 1. The number of nitrogens with one attached hydrogen (secondary N) is 1. The van der Waals surface area contributed by atoms with Gasteiger partial charge in [-0.25, -0.2) is 0 Å². The number of hydrogen-bond donors (Lipinski definition) is 2. The van der Waals surface area contributed by atoms with Crippen molar-refractivity contribution in [1.82, 2.24) is 9.88 Å². The van der Waals surface area contributed by atoms with Crippen LogP contribution in [0.5, 0.6) is 0 Å². The van der Waals surface area contributed by atoms with Gasteiger partial charge in [-0.15, -0.1) is 0 Å². The second kappa shape index (κ2) is 5.51. The summed E-state index contributed by atoms with van der Waals surface area (Å²) in [7, 11) is 2.03. The minimum atomic E-state index is -0.390. The minimum absolute atomic E-state index is 0.390. The highest BCUT2D eigenvalue weighted by Gasteiger charge is 2.00. The maximum absolute atomic E-state index is 10.9. The van der Waals surface area contributed by atoms with Crippen molar-refractivity contribution < 1.29 is 4.79 Å². The second-order valence-corrected chi connectivity index (χ2v) is 4.28. The number of hydrogen-bond acceptors (Lipinski definition) is 2. The van der Waals surface area contributed by atoms with Crippen LogP contribution in [0.1, 0.15) is 21.6 Å². The van der Waals surface area contributed by atoms with Crippen molar-refractivity contribution in [3.63, 3.8) is 0 Å². The zero-order valence-corrected chi connectivity index (χ0v) is 10.4. The Bertz CT molecular complexity index is 528. The summed E-state index contributed by atoms with van der Waals surface area (Å²) in [6, 6.07) is 11.4. The minimum Gasteiger partial charge on any atom is -0.366 e. The molecule has 2 aromatic rings. The summed E-state index contributed by atoms with van der Waals surface area (Å²) in [4.78, 5) is 10.9. The predicted octanol–water partition coefficient (Wildman–Crippen LogP) is 1.41. The van der Waals surface area contributed by atoms with Crippen LogP contribution < -0.4 is 11.1 Å². The molecule has 0 aliphatic heterocycles. The Kier molecular flexibility index (Phi) is 3.79. The Morgan fingerprint density at radius 2 is 1.94 bits per heavy atom. The van der Waals surface area contributed by atoms with Gasteiger partial charge in [-0.3, -0.25) is 4.79 Å². The quantitative estimate of drug-likeness (QED) is 0.834. The maximum Gasteiger partial charge on any atom is 0.248 e. The molecule has 0 aliphatic rings. The van der Waals surface area contributed by atoms with Gasteiger partial charge in [0.15, 0.2) is 0 Å². The van der Waals surface area contributed by atoms with Gasteiger partial charge in [-0.05, 0) is 29.8 Å². The van der Waals surface area contributed by atoms with E-state index in [0.29, 0.717) is 5.56 Å². The molecule has 0 saturated carbocycles. The summed E-state index contributed by atoms with van der Waals surface area (Å²) in [5, 5.41) is 3.36. The number of nitrogens with two attached hydrogens (primary N) is 1. The molecule has 0 bridgehead atoms. The van der Waals surface area contributed by atoms with Gasteiger partial charge in [-0.1, -0.05) is 12.1 Å². The lowest BCUT2D eigenvalue weighted by Crippen LogP contribution is -2.15. The van der Waals surface area contributed by atoms with E-state index in [-0.39, 0.29) is 0 Å². The Balaban J connectivity index is 1.87. The third-order valence-corrected chi connectivity index (χ3v) is 2.93. The molecule has 1 heterocycles. The predicted molar refractivity (Wildman–Crippen MR) is 70.9 cm³/mol. The molecule has 4 nitrogen and oxygen atoms in total. The van der Waals surface area contributed by atoms with Crippen LogP contribution in [0.2, 0.25) is 0 Å². The molecular formula is C14H17N3O. The first-order valence-electron chi connectivity index (χ1n) is 5.86. The molecule has 1 amide bonds. The summed E-state index contributed by atoms with van der Waals surface area (Å²) < 4.78 is 2.09. The topological polar surface area (TPSA) is 60.1 Å². The van der Waals surface area contributed by atoms with Crippen molar-refractivity contribution in [2.45, 2.75) is 13.1 Å². The smallest absolute Gasteiger partial charge is 0.248 e. The van der Waals surface area contributed by atoms with Crippen LogP contribution in [0.25, 0.3) is 0 Å². The van der Waals surface area contributed by atoms with E-state index in [1.54, 1.807) is 12.1 Å². The first-order valence-corrected chi connectivity index (χ1v) is 5.86. The van der Waals surface area contributed by atoms with Gasteiger partial charge in [0.25, 0.3) is 0 Å². The molecule has 2 rings (SSSR count). The maximum atomic E-state index is 10.9. The Morgan fingerprint density at radius 1 is 1.22 bits per heavy atom. The third-order valence-electron chi connectivity index (χ3n) is 2.93. The zero-order chi connectivity index (χ0) is 13.0. The third kappa shape index (κ3) is 2.99. The highest BCUT2D eigenvalue weighted by molar-refractivity contribution is 5.92. The van der Waals surface area contributed by atoms with Crippen LogP contribution in [-0.2, 0) is 20.1 Å². The van der Waals surface area contributed by atoms with Gasteiger partial charge in [-0.2, -0.15) is 0 Å². The van der Waals surface area contributed by atoms with Crippen molar-refractivity contribution in [1.29, 1.82) is 0 Å². The number of carbonyl (C=O) groups excluding carboxylic acids is 1. The van der Waals surface area contributed by atoms with E-state index < -0.39 is 5.91 Å². The SMILES string of the molecule is Cn1cccc1CNCc1ccc(C(N)=O)cc1. The summed E-state index contributed by atoms with van der Waals surface area (Å²) in [5.41, 5.74) is 8.10. The fraction of sp³-hybridized carbons (Fsp3) is 0.214. The number of primary amides is 1. The van der Waals surface area contributed by atoms with E-state index >= 15 is 0 Å². The fourth-order valence-corrected chi connectivity index (χ4v) is 1.80. The number of benzene rings is 1. The second-order valence-electron chi connectivity index (χ2n) is 4.28. The average molecular weight is 243 g/mol. The van der Waals surface area contributed by atoms with E-state index in [4.69, 9.17) is 5.73 Å². The fourth-order valence-electron chi connectivity index (χ4n) is 1.80. The van der Waals surface area contributed by atoms with E-state index in [0.717, 1.165) is 18.7 Å². The van der Waals surface area contributed by atoms with E-state index in [1.807, 2.05) is 31.4 Å². The van der Waals surface area contributed by atoms with Crippen molar-refractivity contribution in [3.05, 3.63) is 59.4 Å². The highest BCUT2D eigenvalue weighted by atomic mass is 16.1. The van der Waals surface area contributed by atoms with Crippen LogP contribution in [-0.4, -0.2) is 10.5 Å². The molecule has 0 saturated heterocycles. The molecular weight excluding hydrogens is 226 g/mol. The number of rotatable bonds is 5. The van der Waals surface area contributed by atoms with E-state index in [1.165, 1.54) is 5.69 Å². The molecule has 0 atom stereocenters. The van der Waals surface area contributed by atoms with Gasteiger partial charge >= 0.3 is 0 Å². The Morgan fingerprint density at radius 3 is 2.50 bits per heavy atom. The van der Waals surface area contributed by atoms with E-state index in [9.17, 15) is 4.79 Å². The molecule has 0 fully saturated rings. The Labute approximate surface area is 106 Å². The van der Waals surface area contributed by atoms with Crippen LogP contribution in [0.4, 0.5) is 0 Å². The molecule has 0 radical (unpaired) electrons. The van der Waals surface area contributed by atoms with Gasteiger partial charge in [0, 0.05) is 37.6 Å². The molecule has 4 heteroatoms. The molecule has 0 unspecified atom stereocenters. The van der Waals surface area contributed by atoms with Gasteiger partial charge < -0.3 is 15.6 Å². The lowest BCUT2D eigenvalue weighted by Gasteiger charge is -2.06. The van der Waals surface area contributed by atoms with Gasteiger partial charge in [0.1, 0.15) is 0 Å². The molecule has 1 aromatic carbocycles. The standard InChI is InChI=1S/C14H17N3O/c1-17-8-2-3-13(17)10-16-9-11-4-6-12(7-5-11)14(15)18/h2-8,16H,9-10H2,1H3,(H2,15,18). The van der Waals surface area contributed by atoms with Crippen molar-refractivity contribution in [3.8, 4) is 0 Å². The lowest BCUT2D eigenvalue weighted by molar-refractivity contribution is 0.100. The zero-order valence-electron chi connectivity index (χ0n) is 10.4. The highest BCUT2D eigenvalue weighted by Crippen LogP contribution is 2.04. The van der Waals surface area contributed by atoms with Crippen LogP contribution in [0.15, 0.2) is 42.6 Å². The molecule has 0 spiro atoms. The molecule has 94 valence electrons. The van der Waals surface area contributed by atoms with Crippen molar-refractivity contribution in [2.24, 2.45) is 12.8 Å². The largest absolute Gasteiger partial charge is 0.366 e. The van der Waals surface area contributed by atoms with E-state index in [2.05, 4.69) is 16.0 Å². The first-order chi connectivity index (χ1) is 8.66. The number of amides is 1. The van der Waals surface area contributed by atoms with Crippen LogP contribution >= 0.6 is 0 Å². The normalized spacial score (nSPS) is 10.5. The van der Waals surface area contributed by atoms with Crippen LogP contribution in [0, 0.1) is 0 Å². The summed E-state index contributed by atoms with van der Waals surface area (Å²) >= 11 is 0. The first kappa shape index (κ1) is 12.4. The van der Waals surface area contributed by atoms with Crippen molar-refractivity contribution in [2.75, 3.05) is 0 Å². The lowest BCUT2D eigenvalue weighted by atomic mass is 10.1. The van der Waals surface area contributed by atoms with Crippen molar-refractivity contribution >= 4 is 5.91 Å². The number of aromatic nitrogens is 1. The molecule has 0 aliphatic carbocycles. The number of carbonyl (C=O) groups is 1. The summed E-state index contributed by atoms with van der Waals surface area (Å²) in [6.07, 6.45) is 2.03. The summed E-state index contributed by atoms with van der Waals surface area (Å²) in [5.74, 6) is -0.390.